The van der Waals surface area contributed by atoms with Crippen molar-refractivity contribution in [3.63, 3.8) is 0 Å². The zero-order valence-corrected chi connectivity index (χ0v) is 10.3. The number of hydrogen-bond acceptors (Lipinski definition) is 3. The Morgan fingerprint density at radius 2 is 2.00 bits per heavy atom. The number of carbonyl (C=O) groups excluding carboxylic acids is 1. The van der Waals surface area contributed by atoms with Crippen LogP contribution in [-0.4, -0.2) is 21.4 Å². The van der Waals surface area contributed by atoms with E-state index in [0.29, 0.717) is 5.20 Å². The molecule has 0 aromatic rings. The Morgan fingerprint density at radius 3 is 2.50 bits per heavy atom. The molecule has 0 bridgehead atoms. The van der Waals surface area contributed by atoms with Crippen LogP contribution in [0.2, 0.25) is 13.1 Å². The van der Waals surface area contributed by atoms with Crippen molar-refractivity contribution < 1.29 is 14.0 Å². The summed E-state index contributed by atoms with van der Waals surface area (Å²) in [5.74, 6) is 0.642. The molecular formula is C10H16O3Si. The summed E-state index contributed by atoms with van der Waals surface area (Å²) < 4.78 is 10.5. The molecule has 4 heteroatoms. The van der Waals surface area contributed by atoms with E-state index in [1.54, 1.807) is 0 Å². The van der Waals surface area contributed by atoms with Crippen LogP contribution in [0.25, 0.3) is 0 Å². The molecule has 0 aromatic carbocycles. The molecule has 0 aromatic heterocycles. The van der Waals surface area contributed by atoms with Crippen LogP contribution in [0.1, 0.15) is 13.8 Å². The topological polar surface area (TPSA) is 35.5 Å². The first kappa shape index (κ1) is 11.0. The maximum absolute atomic E-state index is 11.5. The maximum Gasteiger partial charge on any atom is 0.333 e. The van der Waals surface area contributed by atoms with E-state index in [-0.39, 0.29) is 5.97 Å². The predicted octanol–water partition coefficient (Wildman–Crippen LogP) is 2.15. The molecule has 0 fully saturated rings. The van der Waals surface area contributed by atoms with Crippen LogP contribution in [0.5, 0.6) is 0 Å². The maximum atomic E-state index is 11.5. The van der Waals surface area contributed by atoms with E-state index in [1.807, 2.05) is 33.0 Å². The van der Waals surface area contributed by atoms with Crippen LogP contribution in [0.3, 0.4) is 0 Å². The molecule has 1 aliphatic heterocycles. The smallest absolute Gasteiger partial charge is 0.333 e. The standard InChI is InChI=1S/C10H16O3Si/c1-7-6-9(10(11)12-3)14(4,5)13-8(7)2/h6H,1-5H3. The van der Waals surface area contributed by atoms with E-state index in [1.165, 1.54) is 7.11 Å². The molecule has 14 heavy (non-hydrogen) atoms. The number of hydrogen-bond donors (Lipinski definition) is 0. The average molecular weight is 212 g/mol. The van der Waals surface area contributed by atoms with Gasteiger partial charge in [-0.05, 0) is 38.6 Å². The highest BCUT2D eigenvalue weighted by Crippen LogP contribution is 2.28. The number of methoxy groups -OCH3 is 1. The van der Waals surface area contributed by atoms with Crippen molar-refractivity contribution in [3.8, 4) is 0 Å². The van der Waals surface area contributed by atoms with Crippen LogP contribution in [-0.2, 0) is 14.0 Å². The molecule has 0 radical (unpaired) electrons. The summed E-state index contributed by atoms with van der Waals surface area (Å²) in [6.45, 7) is 7.84. The molecule has 0 spiro atoms. The van der Waals surface area contributed by atoms with Gasteiger partial charge in [-0.3, -0.25) is 0 Å². The zero-order valence-electron chi connectivity index (χ0n) is 9.30. The second-order valence-electron chi connectivity index (χ2n) is 3.90. The van der Waals surface area contributed by atoms with Gasteiger partial charge >= 0.3 is 5.97 Å². The van der Waals surface area contributed by atoms with Gasteiger partial charge in [0, 0.05) is 0 Å². The highest BCUT2D eigenvalue weighted by Gasteiger charge is 2.38. The van der Waals surface area contributed by atoms with E-state index in [4.69, 9.17) is 9.16 Å². The fourth-order valence-corrected chi connectivity index (χ4v) is 3.62. The minimum atomic E-state index is -2.08. The van der Waals surface area contributed by atoms with Gasteiger partial charge in [0.25, 0.3) is 8.32 Å². The van der Waals surface area contributed by atoms with Crippen LogP contribution in [0.4, 0.5) is 0 Å². The molecule has 3 nitrogen and oxygen atoms in total. The van der Waals surface area contributed by atoms with Gasteiger partial charge in [-0.2, -0.15) is 0 Å². The zero-order chi connectivity index (χ0) is 10.9. The Labute approximate surface area is 85.5 Å². The molecule has 0 saturated heterocycles. The summed E-state index contributed by atoms with van der Waals surface area (Å²) in [7, 11) is -0.683. The second kappa shape index (κ2) is 3.61. The lowest BCUT2D eigenvalue weighted by atomic mass is 10.2. The number of allylic oxidation sites excluding steroid dienone is 3. The first-order valence-corrected chi connectivity index (χ1v) is 7.46. The van der Waals surface area contributed by atoms with Crippen LogP contribution >= 0.6 is 0 Å². The fourth-order valence-electron chi connectivity index (χ4n) is 1.42. The lowest BCUT2D eigenvalue weighted by Crippen LogP contribution is -2.39. The van der Waals surface area contributed by atoms with E-state index >= 15 is 0 Å². The summed E-state index contributed by atoms with van der Waals surface area (Å²) in [6.07, 6.45) is 1.89. The van der Waals surface area contributed by atoms with E-state index < -0.39 is 8.32 Å². The van der Waals surface area contributed by atoms with E-state index in [9.17, 15) is 4.79 Å². The quantitative estimate of drug-likeness (QED) is 0.493. The van der Waals surface area contributed by atoms with Crippen molar-refractivity contribution in [1.82, 2.24) is 0 Å². The lowest BCUT2D eigenvalue weighted by Gasteiger charge is -2.30. The Morgan fingerprint density at radius 1 is 1.43 bits per heavy atom. The summed E-state index contributed by atoms with van der Waals surface area (Å²) in [4.78, 5) is 11.5. The molecule has 0 unspecified atom stereocenters. The summed E-state index contributed by atoms with van der Waals surface area (Å²) in [5.41, 5.74) is 0.997. The fraction of sp³-hybridized carbons (Fsp3) is 0.500. The molecule has 0 aliphatic carbocycles. The van der Waals surface area contributed by atoms with Crippen molar-refractivity contribution in [3.05, 3.63) is 22.6 Å². The predicted molar refractivity (Wildman–Crippen MR) is 57.0 cm³/mol. The van der Waals surface area contributed by atoms with Gasteiger partial charge in [0.1, 0.15) is 0 Å². The molecule has 0 atom stereocenters. The van der Waals surface area contributed by atoms with Crippen LogP contribution in [0.15, 0.2) is 22.6 Å². The van der Waals surface area contributed by atoms with E-state index in [2.05, 4.69) is 0 Å². The average Bonchev–Trinajstić information content (AvgIpc) is 2.09. The number of ether oxygens (including phenoxy) is 1. The van der Waals surface area contributed by atoms with Crippen LogP contribution < -0.4 is 0 Å². The van der Waals surface area contributed by atoms with Crippen molar-refractivity contribution in [2.75, 3.05) is 7.11 Å². The Hall–Kier alpha value is -1.03. The molecule has 1 aliphatic rings. The molecule has 1 heterocycles. The SMILES string of the molecule is COC(=O)C1=CC(C)=C(C)O[Si]1(C)C. The van der Waals surface area contributed by atoms with Gasteiger partial charge in [-0.1, -0.05) is 0 Å². The molecule has 0 saturated carbocycles. The van der Waals surface area contributed by atoms with Crippen LogP contribution in [0, 0.1) is 0 Å². The second-order valence-corrected chi connectivity index (χ2v) is 7.66. The highest BCUT2D eigenvalue weighted by atomic mass is 28.4. The number of rotatable bonds is 1. The molecular weight excluding hydrogens is 196 g/mol. The largest absolute Gasteiger partial charge is 0.542 e. The van der Waals surface area contributed by atoms with Crippen molar-refractivity contribution >= 4 is 14.3 Å². The Balaban J connectivity index is 3.12. The number of esters is 1. The third kappa shape index (κ3) is 1.90. The third-order valence-corrected chi connectivity index (χ3v) is 4.84. The van der Waals surface area contributed by atoms with Gasteiger partial charge in [0.05, 0.1) is 18.1 Å². The molecule has 0 N–H and O–H groups in total. The van der Waals surface area contributed by atoms with Gasteiger partial charge in [0.2, 0.25) is 0 Å². The minimum absolute atomic E-state index is 0.270. The minimum Gasteiger partial charge on any atom is -0.542 e. The van der Waals surface area contributed by atoms with Crippen molar-refractivity contribution in [1.29, 1.82) is 0 Å². The Bertz CT molecular complexity index is 326. The lowest BCUT2D eigenvalue weighted by molar-refractivity contribution is -0.135. The van der Waals surface area contributed by atoms with Gasteiger partial charge < -0.3 is 9.16 Å². The van der Waals surface area contributed by atoms with Gasteiger partial charge in [-0.25, -0.2) is 4.79 Å². The first-order chi connectivity index (χ1) is 6.38. The van der Waals surface area contributed by atoms with Gasteiger partial charge in [0.15, 0.2) is 0 Å². The molecule has 1 rings (SSSR count). The monoisotopic (exact) mass is 212 g/mol. The third-order valence-electron chi connectivity index (χ3n) is 2.38. The molecule has 0 amide bonds. The van der Waals surface area contributed by atoms with Crippen molar-refractivity contribution in [2.24, 2.45) is 0 Å². The molecule has 78 valence electrons. The summed E-state index contributed by atoms with van der Waals surface area (Å²) in [6, 6.07) is 0. The summed E-state index contributed by atoms with van der Waals surface area (Å²) >= 11 is 0. The van der Waals surface area contributed by atoms with Crippen molar-refractivity contribution in [2.45, 2.75) is 26.9 Å². The normalized spacial score (nSPS) is 19.9. The first-order valence-electron chi connectivity index (χ1n) is 4.55. The van der Waals surface area contributed by atoms with Gasteiger partial charge in [-0.15, -0.1) is 0 Å². The van der Waals surface area contributed by atoms with E-state index in [0.717, 1.165) is 11.3 Å². The highest BCUT2D eigenvalue weighted by molar-refractivity contribution is 6.83. The Kier molecular flexibility index (Phi) is 2.85. The summed E-state index contributed by atoms with van der Waals surface area (Å²) in [5, 5.41) is 0.697. The number of carbonyl (C=O) groups is 1.